The Hall–Kier alpha value is -2.51. The fourth-order valence-electron chi connectivity index (χ4n) is 4.78. The molecule has 1 aliphatic carbocycles. The minimum atomic E-state index is -0.0190. The molecule has 0 atom stereocenters. The number of amides is 1. The van der Waals surface area contributed by atoms with Crippen molar-refractivity contribution >= 4 is 11.9 Å². The molecule has 7 nitrogen and oxygen atoms in total. The molecule has 2 N–H and O–H groups in total. The van der Waals surface area contributed by atoms with Crippen LogP contribution < -0.4 is 10.6 Å². The lowest BCUT2D eigenvalue weighted by molar-refractivity contribution is 0.0936. The van der Waals surface area contributed by atoms with Gasteiger partial charge in [0.2, 0.25) is 5.95 Å². The van der Waals surface area contributed by atoms with Gasteiger partial charge in [-0.15, -0.1) is 0 Å². The molecule has 2 fully saturated rings. The highest BCUT2D eigenvalue weighted by atomic mass is 16.1. The summed E-state index contributed by atoms with van der Waals surface area (Å²) in [6, 6.07) is 8.18. The molecule has 4 rings (SSSR count). The second kappa shape index (κ2) is 12.1. The minimum absolute atomic E-state index is 0.0190. The van der Waals surface area contributed by atoms with Gasteiger partial charge in [-0.05, 0) is 43.5 Å². The van der Waals surface area contributed by atoms with Crippen molar-refractivity contribution in [3.8, 4) is 11.1 Å². The zero-order valence-electron chi connectivity index (χ0n) is 19.9. The second-order valence-electron chi connectivity index (χ2n) is 9.29. The Bertz CT molecular complexity index is 855. The van der Waals surface area contributed by atoms with Crippen LogP contribution in [0.15, 0.2) is 36.7 Å². The molecular formula is C26H38N6O. The Morgan fingerprint density at radius 3 is 2.18 bits per heavy atom. The Labute approximate surface area is 198 Å². The lowest BCUT2D eigenvalue weighted by Gasteiger charge is -2.34. The third-order valence-electron chi connectivity index (χ3n) is 6.79. The van der Waals surface area contributed by atoms with Gasteiger partial charge in [0.1, 0.15) is 0 Å². The van der Waals surface area contributed by atoms with Crippen LogP contribution in [0.5, 0.6) is 0 Å². The summed E-state index contributed by atoms with van der Waals surface area (Å²) in [4.78, 5) is 26.5. The van der Waals surface area contributed by atoms with Crippen LogP contribution in [0.25, 0.3) is 11.1 Å². The van der Waals surface area contributed by atoms with Crippen molar-refractivity contribution in [3.63, 3.8) is 0 Å². The van der Waals surface area contributed by atoms with Crippen molar-refractivity contribution in [3.05, 3.63) is 42.2 Å². The van der Waals surface area contributed by atoms with Crippen LogP contribution >= 0.6 is 0 Å². The molecule has 1 amide bonds. The molecule has 2 heterocycles. The SMILES string of the molecule is CCCN1CCN(CCNC(=O)c2ccc(-c3cnc(NC4CCCCC4)nc3)cc2)CC1. The topological polar surface area (TPSA) is 73.4 Å². The molecule has 0 bridgehead atoms. The van der Waals surface area contributed by atoms with Gasteiger partial charge in [0, 0.05) is 68.8 Å². The van der Waals surface area contributed by atoms with E-state index in [0.29, 0.717) is 24.1 Å². The van der Waals surface area contributed by atoms with Gasteiger partial charge < -0.3 is 15.5 Å². The van der Waals surface area contributed by atoms with E-state index in [0.717, 1.165) is 43.9 Å². The summed E-state index contributed by atoms with van der Waals surface area (Å²) in [5, 5.41) is 6.51. The van der Waals surface area contributed by atoms with E-state index in [9.17, 15) is 4.79 Å². The van der Waals surface area contributed by atoms with Crippen LogP contribution in [-0.4, -0.2) is 77.5 Å². The number of rotatable bonds is 9. The van der Waals surface area contributed by atoms with Crippen LogP contribution in [0.4, 0.5) is 5.95 Å². The maximum Gasteiger partial charge on any atom is 0.251 e. The minimum Gasteiger partial charge on any atom is -0.351 e. The highest BCUT2D eigenvalue weighted by molar-refractivity contribution is 5.94. The Morgan fingerprint density at radius 2 is 1.55 bits per heavy atom. The van der Waals surface area contributed by atoms with Crippen LogP contribution in [-0.2, 0) is 0 Å². The van der Waals surface area contributed by atoms with Crippen LogP contribution in [0.3, 0.4) is 0 Å². The fraction of sp³-hybridized carbons (Fsp3) is 0.577. The van der Waals surface area contributed by atoms with Crippen molar-refractivity contribution < 1.29 is 4.79 Å². The van der Waals surface area contributed by atoms with Crippen LogP contribution in [0.2, 0.25) is 0 Å². The number of hydrogen-bond acceptors (Lipinski definition) is 6. The normalized spacial score (nSPS) is 18.2. The van der Waals surface area contributed by atoms with Gasteiger partial charge in [0.25, 0.3) is 5.91 Å². The predicted molar refractivity (Wildman–Crippen MR) is 133 cm³/mol. The van der Waals surface area contributed by atoms with Gasteiger partial charge in [0.05, 0.1) is 0 Å². The van der Waals surface area contributed by atoms with Gasteiger partial charge in [-0.3, -0.25) is 9.69 Å². The molecule has 0 radical (unpaired) electrons. The third-order valence-corrected chi connectivity index (χ3v) is 6.79. The van der Waals surface area contributed by atoms with E-state index in [1.54, 1.807) is 0 Å². The molecule has 1 aromatic carbocycles. The smallest absolute Gasteiger partial charge is 0.251 e. The zero-order chi connectivity index (χ0) is 22.9. The average molecular weight is 451 g/mol. The Kier molecular flexibility index (Phi) is 8.66. The highest BCUT2D eigenvalue weighted by Crippen LogP contribution is 2.22. The van der Waals surface area contributed by atoms with E-state index in [1.165, 1.54) is 45.1 Å². The van der Waals surface area contributed by atoms with Gasteiger partial charge in [0.15, 0.2) is 0 Å². The molecule has 1 aliphatic heterocycles. The summed E-state index contributed by atoms with van der Waals surface area (Å²) in [6.45, 7) is 9.43. The number of aromatic nitrogens is 2. The van der Waals surface area contributed by atoms with Gasteiger partial charge in [-0.2, -0.15) is 0 Å². The first-order chi connectivity index (χ1) is 16.2. The van der Waals surface area contributed by atoms with Crippen molar-refractivity contribution in [1.29, 1.82) is 0 Å². The molecule has 2 aromatic rings. The van der Waals surface area contributed by atoms with Gasteiger partial charge >= 0.3 is 0 Å². The number of carbonyl (C=O) groups excluding carboxylic acids is 1. The first kappa shape index (κ1) is 23.6. The van der Waals surface area contributed by atoms with E-state index < -0.39 is 0 Å². The summed E-state index contributed by atoms with van der Waals surface area (Å²) in [5.74, 6) is 0.683. The van der Waals surface area contributed by atoms with Crippen molar-refractivity contribution in [1.82, 2.24) is 25.1 Å². The maximum absolute atomic E-state index is 12.5. The summed E-state index contributed by atoms with van der Waals surface area (Å²) >= 11 is 0. The molecule has 0 unspecified atom stereocenters. The second-order valence-corrected chi connectivity index (χ2v) is 9.29. The summed E-state index contributed by atoms with van der Waals surface area (Å²) < 4.78 is 0. The summed E-state index contributed by atoms with van der Waals surface area (Å²) in [5.41, 5.74) is 2.65. The van der Waals surface area contributed by atoms with Gasteiger partial charge in [-0.1, -0.05) is 38.3 Å². The standard InChI is InChI=1S/C26H38N6O/c1-2-13-31-15-17-32(18-16-31)14-12-27-25(33)22-10-8-21(9-11-22)23-19-28-26(29-20-23)30-24-6-4-3-5-7-24/h8-11,19-20,24H,2-7,12-18H2,1H3,(H,27,33)(H,28,29,30). The number of nitrogens with one attached hydrogen (secondary N) is 2. The van der Waals surface area contributed by atoms with Crippen LogP contribution in [0, 0.1) is 0 Å². The zero-order valence-corrected chi connectivity index (χ0v) is 19.9. The number of hydrogen-bond donors (Lipinski definition) is 2. The number of anilines is 1. The first-order valence-electron chi connectivity index (χ1n) is 12.6. The molecule has 2 aliphatic rings. The fourth-order valence-corrected chi connectivity index (χ4v) is 4.78. The molecule has 7 heteroatoms. The number of piperazine rings is 1. The maximum atomic E-state index is 12.5. The lowest BCUT2D eigenvalue weighted by Crippen LogP contribution is -2.48. The predicted octanol–water partition coefficient (Wildman–Crippen LogP) is 3.65. The van der Waals surface area contributed by atoms with E-state index in [-0.39, 0.29) is 5.91 Å². The summed E-state index contributed by atoms with van der Waals surface area (Å²) in [7, 11) is 0. The van der Waals surface area contributed by atoms with Crippen molar-refractivity contribution in [2.24, 2.45) is 0 Å². The lowest BCUT2D eigenvalue weighted by atomic mass is 9.96. The molecular weight excluding hydrogens is 412 g/mol. The quantitative estimate of drug-likeness (QED) is 0.608. The largest absolute Gasteiger partial charge is 0.351 e. The van der Waals surface area contributed by atoms with E-state index >= 15 is 0 Å². The molecule has 0 spiro atoms. The van der Waals surface area contributed by atoms with Gasteiger partial charge in [-0.25, -0.2) is 9.97 Å². The number of benzene rings is 1. The molecule has 1 saturated carbocycles. The molecule has 1 saturated heterocycles. The van der Waals surface area contributed by atoms with E-state index in [4.69, 9.17) is 0 Å². The Morgan fingerprint density at radius 1 is 0.909 bits per heavy atom. The monoisotopic (exact) mass is 450 g/mol. The third kappa shape index (κ3) is 6.98. The highest BCUT2D eigenvalue weighted by Gasteiger charge is 2.16. The average Bonchev–Trinajstić information content (AvgIpc) is 2.86. The molecule has 178 valence electrons. The molecule has 1 aromatic heterocycles. The van der Waals surface area contributed by atoms with E-state index in [1.807, 2.05) is 36.7 Å². The number of nitrogens with zero attached hydrogens (tertiary/aromatic N) is 4. The first-order valence-corrected chi connectivity index (χ1v) is 12.6. The Balaban J connectivity index is 1.22. The summed E-state index contributed by atoms with van der Waals surface area (Å²) in [6.07, 6.45) is 11.2. The van der Waals surface area contributed by atoms with E-state index in [2.05, 4.69) is 37.3 Å². The van der Waals surface area contributed by atoms with Crippen LogP contribution in [0.1, 0.15) is 55.8 Å². The van der Waals surface area contributed by atoms with Crippen molar-refractivity contribution in [2.45, 2.75) is 51.5 Å². The van der Waals surface area contributed by atoms with Crippen molar-refractivity contribution in [2.75, 3.05) is 51.1 Å². The number of carbonyl (C=O) groups is 1. The molecule has 33 heavy (non-hydrogen) atoms.